The molecule has 0 fully saturated rings. The standard InChI is InChI=1S/2C23H32O3/c1-21(2,3)20(24)18-13-16-12-17(25-22(4,5)6)11-10-15(16)14-19(18)26-23(7,8)9;1-21(2,3)20(24)17-14-18(25-22(4,5)6)15-12-10-11-13-16(15)19(17)26-23(7,8)9/h2*10-14H,1-9H3. The van der Waals surface area contributed by atoms with Gasteiger partial charge in [-0.05, 0) is 124 Å². The van der Waals surface area contributed by atoms with E-state index < -0.39 is 16.4 Å². The van der Waals surface area contributed by atoms with Crippen LogP contribution in [-0.4, -0.2) is 34.0 Å². The molecule has 0 bridgehead atoms. The molecule has 0 aliphatic heterocycles. The van der Waals surface area contributed by atoms with Gasteiger partial charge in [0.1, 0.15) is 45.4 Å². The summed E-state index contributed by atoms with van der Waals surface area (Å²) >= 11 is 0. The lowest BCUT2D eigenvalue weighted by Crippen LogP contribution is -2.27. The van der Waals surface area contributed by atoms with Gasteiger partial charge in [0.15, 0.2) is 11.6 Å². The maximum Gasteiger partial charge on any atom is 0.172 e. The zero-order chi connectivity index (χ0) is 39.8. The summed E-state index contributed by atoms with van der Waals surface area (Å²) < 4.78 is 24.6. The van der Waals surface area contributed by atoms with Crippen LogP contribution in [0, 0.1) is 10.8 Å². The minimum absolute atomic E-state index is 0.0428. The normalized spacial score (nSPS) is 13.0. The van der Waals surface area contributed by atoms with Crippen LogP contribution in [0.5, 0.6) is 23.0 Å². The average Bonchev–Trinajstić information content (AvgIpc) is 2.94. The van der Waals surface area contributed by atoms with Crippen molar-refractivity contribution < 1.29 is 28.5 Å². The molecule has 6 heteroatoms. The van der Waals surface area contributed by atoms with E-state index in [1.807, 2.05) is 185 Å². The number of hydrogen-bond donors (Lipinski definition) is 0. The van der Waals surface area contributed by atoms with Crippen LogP contribution in [0.25, 0.3) is 21.5 Å². The van der Waals surface area contributed by atoms with Gasteiger partial charge in [-0.1, -0.05) is 71.9 Å². The van der Waals surface area contributed by atoms with Crippen LogP contribution in [0.2, 0.25) is 0 Å². The van der Waals surface area contributed by atoms with E-state index in [0.717, 1.165) is 27.3 Å². The molecule has 0 unspecified atom stereocenters. The van der Waals surface area contributed by atoms with E-state index in [4.69, 9.17) is 18.9 Å². The Bertz CT molecular complexity index is 1910. The molecule has 6 nitrogen and oxygen atoms in total. The van der Waals surface area contributed by atoms with Crippen molar-refractivity contribution in [1.82, 2.24) is 0 Å². The van der Waals surface area contributed by atoms with Crippen molar-refractivity contribution in [2.24, 2.45) is 10.8 Å². The Hall–Kier alpha value is -4.06. The number of hydrogen-bond acceptors (Lipinski definition) is 6. The fraction of sp³-hybridized carbons (Fsp3) is 0.522. The molecule has 4 aromatic rings. The largest absolute Gasteiger partial charge is 0.488 e. The maximum absolute atomic E-state index is 13.2. The average molecular weight is 713 g/mol. The van der Waals surface area contributed by atoms with Gasteiger partial charge in [0.05, 0.1) is 11.1 Å². The van der Waals surface area contributed by atoms with Crippen molar-refractivity contribution >= 4 is 33.1 Å². The number of ketones is 2. The van der Waals surface area contributed by atoms with Gasteiger partial charge in [0, 0.05) is 21.6 Å². The number of carbonyl (C=O) groups excluding carboxylic acids is 2. The van der Waals surface area contributed by atoms with E-state index in [1.54, 1.807) is 0 Å². The van der Waals surface area contributed by atoms with Crippen molar-refractivity contribution in [1.29, 1.82) is 0 Å². The number of carbonyl (C=O) groups is 2. The zero-order valence-electron chi connectivity index (χ0n) is 35.2. The molecule has 0 aliphatic carbocycles. The highest BCUT2D eigenvalue weighted by atomic mass is 16.5. The second-order valence-corrected chi connectivity index (χ2v) is 19.7. The van der Waals surface area contributed by atoms with Crippen LogP contribution in [-0.2, 0) is 0 Å². The van der Waals surface area contributed by atoms with Crippen LogP contribution in [0.4, 0.5) is 0 Å². The fourth-order valence-electron chi connectivity index (χ4n) is 5.39. The summed E-state index contributed by atoms with van der Waals surface area (Å²) in [7, 11) is 0. The molecule has 0 saturated heterocycles. The van der Waals surface area contributed by atoms with Gasteiger partial charge in [0.25, 0.3) is 0 Å². The molecule has 0 heterocycles. The first-order valence-electron chi connectivity index (χ1n) is 18.3. The van der Waals surface area contributed by atoms with Gasteiger partial charge in [-0.3, -0.25) is 9.59 Å². The number of rotatable bonds is 6. The molecule has 0 aromatic heterocycles. The number of ether oxygens (including phenoxy) is 4. The molecule has 0 radical (unpaired) electrons. The van der Waals surface area contributed by atoms with Gasteiger partial charge in [-0.2, -0.15) is 0 Å². The second kappa shape index (κ2) is 14.8. The van der Waals surface area contributed by atoms with Crippen LogP contribution in [0.15, 0.2) is 60.7 Å². The van der Waals surface area contributed by atoms with Crippen LogP contribution >= 0.6 is 0 Å². The Morgan fingerprint density at radius 2 is 0.885 bits per heavy atom. The Balaban J connectivity index is 0.000000280. The van der Waals surface area contributed by atoms with Crippen molar-refractivity contribution in [2.45, 2.75) is 147 Å². The lowest BCUT2D eigenvalue weighted by Gasteiger charge is -2.29. The summed E-state index contributed by atoms with van der Waals surface area (Å²) in [5, 5.41) is 3.85. The Morgan fingerprint density at radius 1 is 0.423 bits per heavy atom. The Labute approximate surface area is 313 Å². The number of Topliss-reactive ketones (excluding diaryl/α,β-unsaturated/α-hetero) is 2. The molecule has 0 N–H and O–H groups in total. The Kier molecular flexibility index (Phi) is 12.0. The van der Waals surface area contributed by atoms with E-state index in [2.05, 4.69) is 0 Å². The topological polar surface area (TPSA) is 71.1 Å². The fourth-order valence-corrected chi connectivity index (χ4v) is 5.39. The molecular weight excluding hydrogens is 649 g/mol. The molecule has 0 aliphatic rings. The minimum atomic E-state index is -0.516. The molecule has 0 saturated carbocycles. The highest BCUT2D eigenvalue weighted by Gasteiger charge is 2.31. The SMILES string of the molecule is CC(C)(C)Oc1cc(C(=O)C(C)(C)C)c(OC(C)(C)C)c2ccccc12.CC(C)(C)Oc1ccc2cc(OC(C)(C)C)c(C(=O)C(C)(C)C)cc2c1. The molecule has 0 amide bonds. The molecule has 52 heavy (non-hydrogen) atoms. The third kappa shape index (κ3) is 12.0. The predicted octanol–water partition coefficient (Wildman–Crippen LogP) is 12.8. The third-order valence-corrected chi connectivity index (χ3v) is 7.38. The third-order valence-electron chi connectivity index (χ3n) is 7.38. The van der Waals surface area contributed by atoms with Gasteiger partial charge < -0.3 is 18.9 Å². The summed E-state index contributed by atoms with van der Waals surface area (Å²) in [5.41, 5.74) is -1.23. The summed E-state index contributed by atoms with van der Waals surface area (Å²) in [6.07, 6.45) is 0. The first-order valence-corrected chi connectivity index (χ1v) is 18.3. The molecule has 284 valence electrons. The van der Waals surface area contributed by atoms with E-state index in [-0.39, 0.29) is 28.4 Å². The predicted molar refractivity (Wildman–Crippen MR) is 217 cm³/mol. The molecule has 0 atom stereocenters. The minimum Gasteiger partial charge on any atom is -0.488 e. The maximum atomic E-state index is 13.2. The molecular formula is C46H64O6. The van der Waals surface area contributed by atoms with E-state index in [1.165, 1.54) is 0 Å². The monoisotopic (exact) mass is 712 g/mol. The molecule has 4 aromatic carbocycles. The second-order valence-electron chi connectivity index (χ2n) is 19.7. The van der Waals surface area contributed by atoms with Crippen molar-refractivity contribution in [3.63, 3.8) is 0 Å². The number of benzene rings is 4. The first-order chi connectivity index (χ1) is 23.3. The molecule has 0 spiro atoms. The van der Waals surface area contributed by atoms with Crippen molar-refractivity contribution in [3.05, 3.63) is 71.8 Å². The van der Waals surface area contributed by atoms with E-state index in [0.29, 0.717) is 28.4 Å². The van der Waals surface area contributed by atoms with E-state index >= 15 is 0 Å². The van der Waals surface area contributed by atoms with E-state index in [9.17, 15) is 9.59 Å². The van der Waals surface area contributed by atoms with Crippen molar-refractivity contribution in [3.8, 4) is 23.0 Å². The number of fused-ring (bicyclic) bond motifs is 2. The smallest absolute Gasteiger partial charge is 0.172 e. The van der Waals surface area contributed by atoms with Crippen LogP contribution in [0.1, 0.15) is 145 Å². The molecule has 4 rings (SSSR count). The summed E-state index contributed by atoms with van der Waals surface area (Å²) in [4.78, 5) is 26.2. The van der Waals surface area contributed by atoms with Gasteiger partial charge in [-0.25, -0.2) is 0 Å². The quantitative estimate of drug-likeness (QED) is 0.185. The van der Waals surface area contributed by atoms with Crippen LogP contribution < -0.4 is 18.9 Å². The summed E-state index contributed by atoms with van der Waals surface area (Å²) in [6.45, 7) is 35.6. The lowest BCUT2D eigenvalue weighted by atomic mass is 9.85. The first kappa shape index (κ1) is 42.4. The van der Waals surface area contributed by atoms with Gasteiger partial charge >= 0.3 is 0 Å². The van der Waals surface area contributed by atoms with Gasteiger partial charge in [-0.15, -0.1) is 0 Å². The summed E-state index contributed by atoms with van der Waals surface area (Å²) in [5.74, 6) is 2.89. The van der Waals surface area contributed by atoms with Gasteiger partial charge in [0.2, 0.25) is 0 Å². The lowest BCUT2D eigenvalue weighted by molar-refractivity contribution is 0.0831. The highest BCUT2D eigenvalue weighted by molar-refractivity contribution is 6.09. The zero-order valence-corrected chi connectivity index (χ0v) is 35.2. The van der Waals surface area contributed by atoms with Crippen LogP contribution in [0.3, 0.4) is 0 Å². The van der Waals surface area contributed by atoms with Crippen molar-refractivity contribution in [2.75, 3.05) is 0 Å². The highest BCUT2D eigenvalue weighted by Crippen LogP contribution is 2.42. The Morgan fingerprint density at radius 3 is 1.37 bits per heavy atom. The summed E-state index contributed by atoms with van der Waals surface area (Å²) in [6, 6.07) is 19.6.